The fourth-order valence-corrected chi connectivity index (χ4v) is 1.50. The van der Waals surface area contributed by atoms with Gasteiger partial charge >= 0.3 is 5.92 Å². The number of nitrogens with zero attached hydrogens (tertiary/aromatic N) is 1. The molecule has 1 aliphatic rings. The van der Waals surface area contributed by atoms with Gasteiger partial charge in [0.2, 0.25) is 0 Å². The van der Waals surface area contributed by atoms with Crippen LogP contribution in [0, 0.1) is 0 Å². The first-order valence-electron chi connectivity index (χ1n) is 4.26. The standard InChI is InChI=1S/C9H13F2NO/c1-4-12-7(3)6(2)5-9(10,11)8(12)13/h4-5H2,1-3H3. The van der Waals surface area contributed by atoms with E-state index in [0.29, 0.717) is 17.8 Å². The van der Waals surface area contributed by atoms with E-state index in [2.05, 4.69) is 0 Å². The second kappa shape index (κ2) is 3.09. The summed E-state index contributed by atoms with van der Waals surface area (Å²) in [7, 11) is 0. The van der Waals surface area contributed by atoms with Crippen LogP contribution in [0.1, 0.15) is 27.2 Å². The number of rotatable bonds is 1. The number of hydrogen-bond donors (Lipinski definition) is 0. The number of amides is 1. The number of allylic oxidation sites excluding steroid dienone is 2. The monoisotopic (exact) mass is 189 g/mol. The van der Waals surface area contributed by atoms with Crippen molar-refractivity contribution in [3.63, 3.8) is 0 Å². The van der Waals surface area contributed by atoms with E-state index < -0.39 is 18.3 Å². The molecule has 2 nitrogen and oxygen atoms in total. The molecule has 0 radical (unpaired) electrons. The molecule has 0 aromatic heterocycles. The highest BCUT2D eigenvalue weighted by Gasteiger charge is 2.45. The Labute approximate surface area is 76.2 Å². The van der Waals surface area contributed by atoms with Crippen LogP contribution in [-0.2, 0) is 4.79 Å². The summed E-state index contributed by atoms with van der Waals surface area (Å²) in [6.07, 6.45) is -0.436. The Kier molecular flexibility index (Phi) is 2.41. The third-order valence-electron chi connectivity index (χ3n) is 2.38. The van der Waals surface area contributed by atoms with Crippen LogP contribution in [-0.4, -0.2) is 23.3 Å². The molecular weight excluding hydrogens is 176 g/mol. The second-order valence-electron chi connectivity index (χ2n) is 3.30. The van der Waals surface area contributed by atoms with E-state index in [9.17, 15) is 13.6 Å². The van der Waals surface area contributed by atoms with Crippen LogP contribution >= 0.6 is 0 Å². The van der Waals surface area contributed by atoms with Crippen LogP contribution in [0.3, 0.4) is 0 Å². The quantitative estimate of drug-likeness (QED) is 0.619. The summed E-state index contributed by atoms with van der Waals surface area (Å²) >= 11 is 0. The maximum Gasteiger partial charge on any atom is 0.328 e. The molecule has 1 amide bonds. The summed E-state index contributed by atoms with van der Waals surface area (Å²) < 4.78 is 26.1. The molecule has 1 heterocycles. The first kappa shape index (κ1) is 10.2. The van der Waals surface area contributed by atoms with Crippen molar-refractivity contribution < 1.29 is 13.6 Å². The maximum absolute atomic E-state index is 13.0. The molecule has 13 heavy (non-hydrogen) atoms. The lowest BCUT2D eigenvalue weighted by atomic mass is 10.0. The van der Waals surface area contributed by atoms with Gasteiger partial charge in [-0.1, -0.05) is 0 Å². The SMILES string of the molecule is CCN1C(=O)C(F)(F)CC(C)=C1C. The van der Waals surface area contributed by atoms with Crippen molar-refractivity contribution >= 4 is 5.91 Å². The van der Waals surface area contributed by atoms with Gasteiger partial charge in [0.05, 0.1) is 0 Å². The van der Waals surface area contributed by atoms with Crippen molar-refractivity contribution in [1.29, 1.82) is 0 Å². The van der Waals surface area contributed by atoms with E-state index in [4.69, 9.17) is 0 Å². The number of carbonyl (C=O) groups is 1. The Morgan fingerprint density at radius 3 is 2.46 bits per heavy atom. The van der Waals surface area contributed by atoms with E-state index in [0.717, 1.165) is 4.90 Å². The molecule has 0 unspecified atom stereocenters. The molecular formula is C9H13F2NO. The normalized spacial score (nSPS) is 22.5. The molecule has 0 aromatic carbocycles. The lowest BCUT2D eigenvalue weighted by molar-refractivity contribution is -0.157. The van der Waals surface area contributed by atoms with Gasteiger partial charge in [0.1, 0.15) is 0 Å². The summed E-state index contributed by atoms with van der Waals surface area (Å²) in [5, 5.41) is 0. The summed E-state index contributed by atoms with van der Waals surface area (Å²) in [5.74, 6) is -4.28. The Hall–Kier alpha value is -0.930. The smallest absolute Gasteiger partial charge is 0.312 e. The van der Waals surface area contributed by atoms with Gasteiger partial charge in [0, 0.05) is 18.7 Å². The predicted molar refractivity (Wildman–Crippen MR) is 45.3 cm³/mol. The van der Waals surface area contributed by atoms with Crippen molar-refractivity contribution in [3.8, 4) is 0 Å². The number of carbonyl (C=O) groups excluding carboxylic acids is 1. The van der Waals surface area contributed by atoms with E-state index in [1.807, 2.05) is 0 Å². The zero-order valence-electron chi connectivity index (χ0n) is 8.03. The van der Waals surface area contributed by atoms with Crippen molar-refractivity contribution in [2.75, 3.05) is 6.54 Å². The highest BCUT2D eigenvalue weighted by molar-refractivity contribution is 5.86. The Balaban J connectivity index is 3.09. The van der Waals surface area contributed by atoms with Gasteiger partial charge in [-0.2, -0.15) is 8.78 Å². The molecule has 4 heteroatoms. The number of halogens is 2. The molecule has 0 saturated carbocycles. The maximum atomic E-state index is 13.0. The van der Waals surface area contributed by atoms with Crippen LogP contribution in [0.2, 0.25) is 0 Å². The van der Waals surface area contributed by atoms with Crippen LogP contribution in [0.15, 0.2) is 11.3 Å². The summed E-state index contributed by atoms with van der Waals surface area (Å²) in [6, 6.07) is 0. The molecule has 0 fully saturated rings. The first-order valence-corrected chi connectivity index (χ1v) is 4.26. The lowest BCUT2D eigenvalue weighted by Gasteiger charge is -2.32. The largest absolute Gasteiger partial charge is 0.328 e. The molecule has 0 saturated heterocycles. The Morgan fingerprint density at radius 2 is 2.00 bits per heavy atom. The van der Waals surface area contributed by atoms with Crippen LogP contribution in [0.25, 0.3) is 0 Å². The molecule has 0 N–H and O–H groups in total. The highest BCUT2D eigenvalue weighted by atomic mass is 19.3. The zero-order valence-corrected chi connectivity index (χ0v) is 8.03. The van der Waals surface area contributed by atoms with Crippen molar-refractivity contribution in [3.05, 3.63) is 11.3 Å². The average Bonchev–Trinajstić information content (AvgIpc) is 2.02. The van der Waals surface area contributed by atoms with Gasteiger partial charge in [0.15, 0.2) is 0 Å². The van der Waals surface area contributed by atoms with Crippen molar-refractivity contribution in [2.24, 2.45) is 0 Å². The first-order chi connectivity index (χ1) is 5.90. The fraction of sp³-hybridized carbons (Fsp3) is 0.667. The van der Waals surface area contributed by atoms with Crippen LogP contribution in [0.5, 0.6) is 0 Å². The molecule has 0 aliphatic carbocycles. The summed E-state index contributed by atoms with van der Waals surface area (Å²) in [6.45, 7) is 5.33. The fourth-order valence-electron chi connectivity index (χ4n) is 1.50. The summed E-state index contributed by atoms with van der Waals surface area (Å²) in [5.41, 5.74) is 1.25. The minimum atomic E-state index is -3.21. The lowest BCUT2D eigenvalue weighted by Crippen LogP contribution is -2.46. The second-order valence-corrected chi connectivity index (χ2v) is 3.30. The van der Waals surface area contributed by atoms with Gasteiger partial charge in [-0.05, 0) is 26.3 Å². The van der Waals surface area contributed by atoms with Gasteiger partial charge < -0.3 is 4.90 Å². The molecule has 1 aliphatic heterocycles. The molecule has 0 atom stereocenters. The topological polar surface area (TPSA) is 20.3 Å². The van der Waals surface area contributed by atoms with E-state index >= 15 is 0 Å². The zero-order chi connectivity index (χ0) is 10.2. The molecule has 0 spiro atoms. The third kappa shape index (κ3) is 1.57. The van der Waals surface area contributed by atoms with E-state index in [-0.39, 0.29) is 0 Å². The van der Waals surface area contributed by atoms with Gasteiger partial charge in [-0.25, -0.2) is 0 Å². The van der Waals surface area contributed by atoms with E-state index in [1.54, 1.807) is 20.8 Å². The molecule has 1 rings (SSSR count). The highest BCUT2D eigenvalue weighted by Crippen LogP contribution is 2.33. The van der Waals surface area contributed by atoms with Gasteiger partial charge in [0.25, 0.3) is 5.91 Å². The Bertz CT molecular complexity index is 271. The van der Waals surface area contributed by atoms with Crippen LogP contribution in [0.4, 0.5) is 8.78 Å². The molecule has 74 valence electrons. The molecule has 0 aromatic rings. The number of alkyl halides is 2. The van der Waals surface area contributed by atoms with E-state index in [1.165, 1.54) is 0 Å². The minimum absolute atomic E-state index is 0.303. The van der Waals surface area contributed by atoms with Crippen LogP contribution < -0.4 is 0 Å². The minimum Gasteiger partial charge on any atom is -0.312 e. The van der Waals surface area contributed by atoms with Gasteiger partial charge in [-0.15, -0.1) is 0 Å². The Morgan fingerprint density at radius 1 is 1.46 bits per heavy atom. The predicted octanol–water partition coefficient (Wildman–Crippen LogP) is 2.17. The van der Waals surface area contributed by atoms with Crippen molar-refractivity contribution in [2.45, 2.75) is 33.1 Å². The average molecular weight is 189 g/mol. The third-order valence-corrected chi connectivity index (χ3v) is 2.38. The molecule has 0 bridgehead atoms. The van der Waals surface area contributed by atoms with Gasteiger partial charge in [-0.3, -0.25) is 4.79 Å². The summed E-state index contributed by atoms with van der Waals surface area (Å²) in [4.78, 5) is 12.3. The number of hydrogen-bond acceptors (Lipinski definition) is 1. The van der Waals surface area contributed by atoms with Crippen molar-refractivity contribution in [1.82, 2.24) is 4.90 Å².